The van der Waals surface area contributed by atoms with Gasteiger partial charge < -0.3 is 18.9 Å². The minimum Gasteiger partial charge on any atom is -0.373 e. The first-order chi connectivity index (χ1) is 12.1. The van der Waals surface area contributed by atoms with Gasteiger partial charge in [-0.1, -0.05) is 53.9 Å². The molecule has 4 nitrogen and oxygen atoms in total. The zero-order chi connectivity index (χ0) is 18.7. The maximum atomic E-state index is 6.34. The molecule has 25 heavy (non-hydrogen) atoms. The topological polar surface area (TPSA) is 36.9 Å². The Labute approximate surface area is 155 Å². The Morgan fingerprint density at radius 3 is 1.60 bits per heavy atom. The van der Waals surface area contributed by atoms with Gasteiger partial charge in [0.1, 0.15) is 18.3 Å². The fourth-order valence-electron chi connectivity index (χ4n) is 3.28. The lowest BCUT2D eigenvalue weighted by molar-refractivity contribution is -0.262. The first kappa shape index (κ1) is 22.9. The van der Waals surface area contributed by atoms with Crippen LogP contribution in [0.1, 0.15) is 80.1 Å². The standard InChI is InChI=1S/C21H42O4/c1-7-10-13-22-19-17(6)25-18(16(4)5)20(23-14-11-8-2)21(19)24-15-12-9-3/h16-21H,7-15H2,1-6H3/t17-,18-,19+,20?,21?/m0/s1. The van der Waals surface area contributed by atoms with Crippen LogP contribution in [0.4, 0.5) is 0 Å². The van der Waals surface area contributed by atoms with Crippen molar-refractivity contribution in [1.82, 2.24) is 0 Å². The molecule has 1 rings (SSSR count). The van der Waals surface area contributed by atoms with Gasteiger partial charge in [-0.2, -0.15) is 0 Å². The lowest BCUT2D eigenvalue weighted by Gasteiger charge is -2.47. The minimum absolute atomic E-state index is 0.0295. The zero-order valence-corrected chi connectivity index (χ0v) is 17.5. The van der Waals surface area contributed by atoms with Crippen LogP contribution in [0, 0.1) is 5.92 Å². The van der Waals surface area contributed by atoms with E-state index < -0.39 is 0 Å². The van der Waals surface area contributed by atoms with Crippen LogP contribution in [0.25, 0.3) is 0 Å². The van der Waals surface area contributed by atoms with Gasteiger partial charge in [-0.25, -0.2) is 0 Å². The van der Waals surface area contributed by atoms with Crippen molar-refractivity contribution in [1.29, 1.82) is 0 Å². The van der Waals surface area contributed by atoms with Crippen LogP contribution >= 0.6 is 0 Å². The summed E-state index contributed by atoms with van der Waals surface area (Å²) >= 11 is 0. The van der Waals surface area contributed by atoms with Crippen LogP contribution in [0.3, 0.4) is 0 Å². The van der Waals surface area contributed by atoms with Crippen molar-refractivity contribution in [3.8, 4) is 0 Å². The third kappa shape index (κ3) is 7.54. The lowest BCUT2D eigenvalue weighted by Crippen LogP contribution is -2.61. The van der Waals surface area contributed by atoms with Crippen molar-refractivity contribution in [2.24, 2.45) is 5.92 Å². The summed E-state index contributed by atoms with van der Waals surface area (Å²) < 4.78 is 25.2. The monoisotopic (exact) mass is 358 g/mol. The Bertz CT molecular complexity index is 321. The van der Waals surface area contributed by atoms with Gasteiger partial charge in [0.25, 0.3) is 0 Å². The molecule has 1 heterocycles. The Balaban J connectivity index is 2.88. The van der Waals surface area contributed by atoms with Gasteiger partial charge in [-0.3, -0.25) is 0 Å². The molecule has 0 N–H and O–H groups in total. The quantitative estimate of drug-likeness (QED) is 0.435. The smallest absolute Gasteiger partial charge is 0.115 e. The molecular formula is C21H42O4. The molecule has 4 heteroatoms. The van der Waals surface area contributed by atoms with Gasteiger partial charge >= 0.3 is 0 Å². The molecule has 1 saturated heterocycles. The van der Waals surface area contributed by atoms with E-state index in [0.29, 0.717) is 5.92 Å². The molecule has 150 valence electrons. The van der Waals surface area contributed by atoms with E-state index in [4.69, 9.17) is 18.9 Å². The molecule has 0 aromatic carbocycles. The molecule has 1 aliphatic heterocycles. The second-order valence-corrected chi connectivity index (χ2v) is 7.62. The van der Waals surface area contributed by atoms with Crippen LogP contribution in [0.5, 0.6) is 0 Å². The van der Waals surface area contributed by atoms with Gasteiger partial charge in [0.15, 0.2) is 0 Å². The minimum atomic E-state index is -0.0509. The largest absolute Gasteiger partial charge is 0.373 e. The fraction of sp³-hybridized carbons (Fsp3) is 1.00. The van der Waals surface area contributed by atoms with Crippen molar-refractivity contribution < 1.29 is 18.9 Å². The van der Waals surface area contributed by atoms with Gasteiger partial charge in [-0.05, 0) is 32.1 Å². The third-order valence-corrected chi connectivity index (χ3v) is 4.89. The van der Waals surface area contributed by atoms with E-state index in [-0.39, 0.29) is 30.5 Å². The van der Waals surface area contributed by atoms with Gasteiger partial charge in [0.2, 0.25) is 0 Å². The molecule has 2 unspecified atom stereocenters. The fourth-order valence-corrected chi connectivity index (χ4v) is 3.28. The highest BCUT2D eigenvalue weighted by molar-refractivity contribution is 4.95. The first-order valence-electron chi connectivity index (χ1n) is 10.6. The third-order valence-electron chi connectivity index (χ3n) is 4.89. The van der Waals surface area contributed by atoms with Crippen LogP contribution in [-0.2, 0) is 18.9 Å². The zero-order valence-electron chi connectivity index (χ0n) is 17.5. The molecule has 0 aromatic heterocycles. The molecule has 0 radical (unpaired) electrons. The van der Waals surface area contributed by atoms with Crippen molar-refractivity contribution in [2.45, 2.75) is 111 Å². The average molecular weight is 359 g/mol. The summed E-state index contributed by atoms with van der Waals surface area (Å²) in [5.41, 5.74) is 0. The van der Waals surface area contributed by atoms with E-state index in [0.717, 1.165) is 58.3 Å². The Kier molecular flexibility index (Phi) is 12.0. The SMILES string of the molecule is CCCCOC1C(OCCCC)[C@H](OCCCC)[C@H](C)O[C@H]1C(C)C. The number of unbranched alkanes of at least 4 members (excludes halogenated alkanes) is 3. The highest BCUT2D eigenvalue weighted by Crippen LogP contribution is 2.32. The van der Waals surface area contributed by atoms with Gasteiger partial charge in [0.05, 0.1) is 12.2 Å². The Morgan fingerprint density at radius 2 is 1.16 bits per heavy atom. The molecule has 5 atom stereocenters. The molecule has 0 bridgehead atoms. The van der Waals surface area contributed by atoms with Crippen LogP contribution in [0.2, 0.25) is 0 Å². The highest BCUT2D eigenvalue weighted by atomic mass is 16.6. The lowest BCUT2D eigenvalue weighted by atomic mass is 9.89. The maximum Gasteiger partial charge on any atom is 0.115 e. The van der Waals surface area contributed by atoms with E-state index in [2.05, 4.69) is 41.5 Å². The summed E-state index contributed by atoms with van der Waals surface area (Å²) in [6, 6.07) is 0. The number of hydrogen-bond acceptors (Lipinski definition) is 4. The number of ether oxygens (including phenoxy) is 4. The predicted octanol–water partition coefficient (Wildman–Crippen LogP) is 4.99. The van der Waals surface area contributed by atoms with E-state index in [9.17, 15) is 0 Å². The first-order valence-corrected chi connectivity index (χ1v) is 10.6. The average Bonchev–Trinajstić information content (AvgIpc) is 2.58. The summed E-state index contributed by atoms with van der Waals surface area (Å²) in [7, 11) is 0. The van der Waals surface area contributed by atoms with E-state index >= 15 is 0 Å². The molecule has 0 spiro atoms. The number of rotatable bonds is 13. The molecule has 1 aliphatic rings. The van der Waals surface area contributed by atoms with E-state index in [1.54, 1.807) is 0 Å². The second kappa shape index (κ2) is 13.1. The molecular weight excluding hydrogens is 316 g/mol. The summed E-state index contributed by atoms with van der Waals surface area (Å²) in [6.07, 6.45) is 6.55. The Morgan fingerprint density at radius 1 is 0.720 bits per heavy atom. The van der Waals surface area contributed by atoms with E-state index in [1.165, 1.54) is 0 Å². The van der Waals surface area contributed by atoms with Crippen molar-refractivity contribution in [2.75, 3.05) is 19.8 Å². The molecule has 0 saturated carbocycles. The summed E-state index contributed by atoms with van der Waals surface area (Å²) in [5, 5.41) is 0. The van der Waals surface area contributed by atoms with Crippen LogP contribution in [-0.4, -0.2) is 50.3 Å². The van der Waals surface area contributed by atoms with Crippen molar-refractivity contribution >= 4 is 0 Å². The Hall–Kier alpha value is -0.160. The maximum absolute atomic E-state index is 6.34. The predicted molar refractivity (Wildman–Crippen MR) is 103 cm³/mol. The molecule has 0 amide bonds. The van der Waals surface area contributed by atoms with Crippen molar-refractivity contribution in [3.63, 3.8) is 0 Å². The molecule has 0 aliphatic carbocycles. The normalized spacial score (nSPS) is 30.1. The molecule has 1 fully saturated rings. The number of hydrogen-bond donors (Lipinski definition) is 0. The van der Waals surface area contributed by atoms with Crippen LogP contribution in [0.15, 0.2) is 0 Å². The summed E-state index contributed by atoms with van der Waals surface area (Å²) in [4.78, 5) is 0. The highest BCUT2D eigenvalue weighted by Gasteiger charge is 2.47. The molecule has 0 aromatic rings. The van der Waals surface area contributed by atoms with Crippen molar-refractivity contribution in [3.05, 3.63) is 0 Å². The van der Waals surface area contributed by atoms with E-state index in [1.807, 2.05) is 0 Å². The van der Waals surface area contributed by atoms with Crippen LogP contribution < -0.4 is 0 Å². The second-order valence-electron chi connectivity index (χ2n) is 7.62. The summed E-state index contributed by atoms with van der Waals surface area (Å²) in [6.45, 7) is 15.4. The van der Waals surface area contributed by atoms with Gasteiger partial charge in [0, 0.05) is 19.8 Å². The summed E-state index contributed by atoms with van der Waals surface area (Å²) in [5.74, 6) is 0.392. The van der Waals surface area contributed by atoms with Gasteiger partial charge in [-0.15, -0.1) is 0 Å².